The number of rotatable bonds is 6. The Kier molecular flexibility index (Phi) is 6.71. The van der Waals surface area contributed by atoms with Crippen LogP contribution in [0.2, 0.25) is 5.02 Å². The van der Waals surface area contributed by atoms with Crippen molar-refractivity contribution in [3.8, 4) is 0 Å². The van der Waals surface area contributed by atoms with Crippen molar-refractivity contribution in [3.05, 3.63) is 56.4 Å². The predicted octanol–water partition coefficient (Wildman–Crippen LogP) is 2.00. The molecule has 2 aromatic rings. The number of carbonyl (C=O) groups excluding carboxylic acids is 2. The van der Waals surface area contributed by atoms with Gasteiger partial charge in [-0.1, -0.05) is 22.9 Å². The third-order valence-corrected chi connectivity index (χ3v) is 7.52. The van der Waals surface area contributed by atoms with E-state index in [4.69, 9.17) is 16.3 Å². The highest BCUT2D eigenvalue weighted by atomic mass is 35.5. The fourth-order valence-corrected chi connectivity index (χ4v) is 5.02. The molecule has 0 aliphatic carbocycles. The van der Waals surface area contributed by atoms with Gasteiger partial charge in [-0.3, -0.25) is 14.9 Å². The minimum atomic E-state index is -3.70. The van der Waals surface area contributed by atoms with E-state index in [2.05, 4.69) is 0 Å². The minimum Gasteiger partial charge on any atom is -0.451 e. The van der Waals surface area contributed by atoms with Gasteiger partial charge in [0, 0.05) is 37.3 Å². The topological polar surface area (TPSA) is 127 Å². The van der Waals surface area contributed by atoms with Crippen LogP contribution in [0.1, 0.15) is 9.67 Å². The lowest BCUT2D eigenvalue weighted by molar-refractivity contribution is -0.380. The molecule has 0 atom stereocenters. The van der Waals surface area contributed by atoms with Crippen molar-refractivity contribution in [3.63, 3.8) is 0 Å². The van der Waals surface area contributed by atoms with Gasteiger partial charge in [0.25, 0.3) is 5.91 Å². The highest BCUT2D eigenvalue weighted by Gasteiger charge is 2.30. The van der Waals surface area contributed by atoms with E-state index in [0.29, 0.717) is 16.4 Å². The minimum absolute atomic E-state index is 0.0216. The summed E-state index contributed by atoms with van der Waals surface area (Å²) < 4.78 is 31.5. The van der Waals surface area contributed by atoms with Crippen LogP contribution in [0.15, 0.2) is 41.3 Å². The Morgan fingerprint density at radius 3 is 2.30 bits per heavy atom. The molecule has 1 aliphatic heterocycles. The largest absolute Gasteiger partial charge is 0.451 e. The molecule has 1 fully saturated rings. The Bertz CT molecular complexity index is 1060. The number of nitro groups is 1. The third kappa shape index (κ3) is 4.95. The van der Waals surface area contributed by atoms with Crippen molar-refractivity contribution >= 4 is 49.8 Å². The number of hydrogen-bond acceptors (Lipinski definition) is 8. The van der Waals surface area contributed by atoms with E-state index in [9.17, 15) is 28.1 Å². The molecular formula is C17H16ClN3O7S2. The first-order chi connectivity index (χ1) is 14.2. The SMILES string of the molecule is O=C(OCC(=O)N1CCN(S(=O)(=O)c2ccc(Cl)cc2)CC1)c1ccc([N+](=O)[O-])s1. The number of piperazine rings is 1. The second-order valence-electron chi connectivity index (χ2n) is 6.21. The summed E-state index contributed by atoms with van der Waals surface area (Å²) in [6, 6.07) is 8.27. The number of nitrogens with zero attached hydrogens (tertiary/aromatic N) is 3. The highest BCUT2D eigenvalue weighted by Crippen LogP contribution is 2.24. The van der Waals surface area contributed by atoms with Gasteiger partial charge in [-0.25, -0.2) is 13.2 Å². The summed E-state index contributed by atoms with van der Waals surface area (Å²) in [5.41, 5.74) is 0. The smallest absolute Gasteiger partial charge is 0.349 e. The molecule has 0 N–H and O–H groups in total. The predicted molar refractivity (Wildman–Crippen MR) is 108 cm³/mol. The molecular weight excluding hydrogens is 458 g/mol. The van der Waals surface area contributed by atoms with E-state index in [1.165, 1.54) is 45.6 Å². The van der Waals surface area contributed by atoms with E-state index in [0.717, 1.165) is 0 Å². The molecule has 13 heteroatoms. The van der Waals surface area contributed by atoms with Gasteiger partial charge < -0.3 is 9.64 Å². The average Bonchev–Trinajstić information content (AvgIpc) is 3.23. The van der Waals surface area contributed by atoms with Crippen LogP contribution in [0.25, 0.3) is 0 Å². The third-order valence-electron chi connectivity index (χ3n) is 4.34. The Morgan fingerprint density at radius 2 is 1.73 bits per heavy atom. The lowest BCUT2D eigenvalue weighted by Crippen LogP contribution is -2.51. The zero-order chi connectivity index (χ0) is 21.9. The van der Waals surface area contributed by atoms with Crippen LogP contribution in [-0.4, -0.2) is 67.2 Å². The molecule has 160 valence electrons. The molecule has 0 bridgehead atoms. The number of hydrogen-bond donors (Lipinski definition) is 0. The number of halogens is 1. The van der Waals surface area contributed by atoms with Crippen LogP contribution in [0.5, 0.6) is 0 Å². The van der Waals surface area contributed by atoms with E-state index < -0.39 is 33.4 Å². The molecule has 2 heterocycles. The van der Waals surface area contributed by atoms with Gasteiger partial charge in [0.15, 0.2) is 6.61 Å². The number of sulfonamides is 1. The van der Waals surface area contributed by atoms with Crippen LogP contribution in [-0.2, 0) is 19.6 Å². The molecule has 1 aromatic heterocycles. The Labute approximate surface area is 180 Å². The molecule has 0 saturated carbocycles. The maximum atomic E-state index is 12.7. The molecule has 3 rings (SSSR count). The average molecular weight is 474 g/mol. The van der Waals surface area contributed by atoms with Gasteiger partial charge in [-0.2, -0.15) is 4.31 Å². The molecule has 0 spiro atoms. The summed E-state index contributed by atoms with van der Waals surface area (Å²) in [6.45, 7) is -0.0423. The van der Waals surface area contributed by atoms with Crippen molar-refractivity contribution < 1.29 is 27.7 Å². The van der Waals surface area contributed by atoms with Crippen molar-refractivity contribution in [2.45, 2.75) is 4.90 Å². The fraction of sp³-hybridized carbons (Fsp3) is 0.294. The number of esters is 1. The molecule has 1 saturated heterocycles. The van der Waals surface area contributed by atoms with Crippen molar-refractivity contribution in [1.82, 2.24) is 9.21 Å². The number of thiophene rings is 1. The van der Waals surface area contributed by atoms with E-state index in [1.807, 2.05) is 0 Å². The van der Waals surface area contributed by atoms with Gasteiger partial charge in [0.2, 0.25) is 10.0 Å². The number of ether oxygens (including phenoxy) is 1. The van der Waals surface area contributed by atoms with Crippen LogP contribution in [0, 0.1) is 10.1 Å². The van der Waals surface area contributed by atoms with Crippen molar-refractivity contribution in [2.24, 2.45) is 0 Å². The van der Waals surface area contributed by atoms with Crippen LogP contribution in [0.3, 0.4) is 0 Å². The lowest BCUT2D eigenvalue weighted by atomic mass is 10.3. The van der Waals surface area contributed by atoms with Gasteiger partial charge >= 0.3 is 11.0 Å². The first kappa shape index (κ1) is 22.2. The Hall–Kier alpha value is -2.54. The number of amides is 1. The van der Waals surface area contributed by atoms with Crippen LogP contribution >= 0.6 is 22.9 Å². The van der Waals surface area contributed by atoms with Crippen molar-refractivity contribution in [1.29, 1.82) is 0 Å². The maximum Gasteiger partial charge on any atom is 0.349 e. The second-order valence-corrected chi connectivity index (χ2v) is 9.65. The Morgan fingerprint density at radius 1 is 1.10 bits per heavy atom. The highest BCUT2D eigenvalue weighted by molar-refractivity contribution is 7.89. The summed E-state index contributed by atoms with van der Waals surface area (Å²) in [7, 11) is -3.70. The monoisotopic (exact) mass is 473 g/mol. The van der Waals surface area contributed by atoms with Gasteiger partial charge in [0.1, 0.15) is 4.88 Å². The molecule has 0 unspecified atom stereocenters. The van der Waals surface area contributed by atoms with Gasteiger partial charge in [-0.15, -0.1) is 0 Å². The molecule has 10 nitrogen and oxygen atoms in total. The molecule has 0 radical (unpaired) electrons. The van der Waals surface area contributed by atoms with E-state index in [1.54, 1.807) is 0 Å². The van der Waals surface area contributed by atoms with Gasteiger partial charge in [0.05, 0.1) is 9.82 Å². The van der Waals surface area contributed by atoms with Crippen LogP contribution < -0.4 is 0 Å². The van der Waals surface area contributed by atoms with Crippen LogP contribution in [0.4, 0.5) is 5.00 Å². The molecule has 30 heavy (non-hydrogen) atoms. The summed E-state index contributed by atoms with van der Waals surface area (Å²) in [5, 5.41) is 10.9. The molecule has 1 amide bonds. The Balaban J connectivity index is 1.51. The van der Waals surface area contributed by atoms with E-state index >= 15 is 0 Å². The maximum absolute atomic E-state index is 12.7. The second kappa shape index (κ2) is 9.08. The molecule has 1 aromatic carbocycles. The standard InChI is InChI=1S/C17H16ClN3O7S2/c18-12-1-3-13(4-2-12)30(26,27)20-9-7-19(8-10-20)15(22)11-28-17(23)14-5-6-16(29-14)21(24)25/h1-6H,7-11H2. The quantitative estimate of drug-likeness (QED) is 0.356. The summed E-state index contributed by atoms with van der Waals surface area (Å²) in [6.07, 6.45) is 0. The summed E-state index contributed by atoms with van der Waals surface area (Å²) in [4.78, 5) is 35.8. The number of benzene rings is 1. The first-order valence-corrected chi connectivity index (χ1v) is 11.3. The summed E-state index contributed by atoms with van der Waals surface area (Å²) >= 11 is 6.45. The normalized spacial score (nSPS) is 15.0. The zero-order valence-electron chi connectivity index (χ0n) is 15.4. The number of carbonyl (C=O) groups is 2. The first-order valence-electron chi connectivity index (χ1n) is 8.63. The van der Waals surface area contributed by atoms with Crippen molar-refractivity contribution in [2.75, 3.05) is 32.8 Å². The zero-order valence-corrected chi connectivity index (χ0v) is 17.8. The lowest BCUT2D eigenvalue weighted by Gasteiger charge is -2.33. The fourth-order valence-electron chi connectivity index (χ4n) is 2.76. The van der Waals surface area contributed by atoms with Gasteiger partial charge in [-0.05, 0) is 30.3 Å². The van der Waals surface area contributed by atoms with E-state index in [-0.39, 0.29) is 41.0 Å². The molecule has 1 aliphatic rings. The summed E-state index contributed by atoms with van der Waals surface area (Å²) in [5.74, 6) is -1.30.